The maximum atomic E-state index is 5.85. The molecule has 0 spiro atoms. The monoisotopic (exact) mass is 170 g/mol. The van der Waals surface area contributed by atoms with Crippen molar-refractivity contribution in [3.8, 4) is 0 Å². The van der Waals surface area contributed by atoms with Crippen molar-refractivity contribution in [2.24, 2.45) is 5.73 Å². The van der Waals surface area contributed by atoms with Gasteiger partial charge in [0.15, 0.2) is 0 Å². The quantitative estimate of drug-likeness (QED) is 0.679. The molecule has 0 atom stereocenters. The Labute approximate surface area is 76.1 Å². The minimum Gasteiger partial charge on any atom is -0.329 e. The third-order valence-electron chi connectivity index (χ3n) is 3.54. The predicted octanol–water partition coefficient (Wildman–Crippen LogP) is 1.60. The molecule has 0 unspecified atom stereocenters. The molecule has 0 saturated heterocycles. The SMILES string of the molecule is CCC(CC)(CN)N(C)C1CC1. The molecule has 0 amide bonds. The van der Waals surface area contributed by atoms with Crippen LogP contribution in [0.1, 0.15) is 39.5 Å². The highest BCUT2D eigenvalue weighted by molar-refractivity contribution is 4.95. The Bertz CT molecular complexity index is 129. The van der Waals surface area contributed by atoms with Gasteiger partial charge in [-0.15, -0.1) is 0 Å². The van der Waals surface area contributed by atoms with E-state index in [2.05, 4.69) is 25.8 Å². The molecule has 1 rings (SSSR count). The second-order valence-corrected chi connectivity index (χ2v) is 3.98. The highest BCUT2D eigenvalue weighted by Crippen LogP contribution is 2.34. The van der Waals surface area contributed by atoms with E-state index >= 15 is 0 Å². The summed E-state index contributed by atoms with van der Waals surface area (Å²) in [6.07, 6.45) is 5.09. The van der Waals surface area contributed by atoms with Gasteiger partial charge >= 0.3 is 0 Å². The van der Waals surface area contributed by atoms with E-state index < -0.39 is 0 Å². The van der Waals surface area contributed by atoms with Crippen LogP contribution in [0.3, 0.4) is 0 Å². The molecule has 0 heterocycles. The zero-order chi connectivity index (χ0) is 9.19. The fraction of sp³-hybridized carbons (Fsp3) is 1.00. The second kappa shape index (κ2) is 3.75. The first-order valence-corrected chi connectivity index (χ1v) is 5.13. The summed E-state index contributed by atoms with van der Waals surface area (Å²) in [5.41, 5.74) is 6.13. The van der Waals surface area contributed by atoms with Gasteiger partial charge in [-0.25, -0.2) is 0 Å². The lowest BCUT2D eigenvalue weighted by atomic mass is 9.91. The summed E-state index contributed by atoms with van der Waals surface area (Å²) in [6.45, 7) is 5.29. The largest absolute Gasteiger partial charge is 0.329 e. The van der Waals surface area contributed by atoms with Gasteiger partial charge in [-0.1, -0.05) is 13.8 Å². The number of nitrogens with two attached hydrogens (primary N) is 1. The van der Waals surface area contributed by atoms with E-state index in [0.29, 0.717) is 0 Å². The van der Waals surface area contributed by atoms with Gasteiger partial charge in [0.05, 0.1) is 0 Å². The fourth-order valence-electron chi connectivity index (χ4n) is 2.03. The van der Waals surface area contributed by atoms with Crippen LogP contribution in [-0.4, -0.2) is 30.1 Å². The second-order valence-electron chi connectivity index (χ2n) is 3.98. The van der Waals surface area contributed by atoms with Gasteiger partial charge in [0.1, 0.15) is 0 Å². The van der Waals surface area contributed by atoms with Crippen molar-refractivity contribution in [1.82, 2.24) is 4.90 Å². The Morgan fingerprint density at radius 2 is 1.83 bits per heavy atom. The van der Waals surface area contributed by atoms with Crippen molar-refractivity contribution in [2.45, 2.75) is 51.1 Å². The third-order valence-corrected chi connectivity index (χ3v) is 3.54. The predicted molar refractivity (Wildman–Crippen MR) is 53.2 cm³/mol. The summed E-state index contributed by atoms with van der Waals surface area (Å²) in [5.74, 6) is 0. The summed E-state index contributed by atoms with van der Waals surface area (Å²) < 4.78 is 0. The normalized spacial score (nSPS) is 18.8. The molecule has 0 aromatic rings. The third kappa shape index (κ3) is 1.64. The van der Waals surface area contributed by atoms with Crippen LogP contribution in [0.2, 0.25) is 0 Å². The molecule has 0 aromatic heterocycles. The van der Waals surface area contributed by atoms with E-state index in [4.69, 9.17) is 5.73 Å². The van der Waals surface area contributed by atoms with E-state index in [0.717, 1.165) is 12.6 Å². The first-order chi connectivity index (χ1) is 5.70. The van der Waals surface area contributed by atoms with Crippen molar-refractivity contribution < 1.29 is 0 Å². The molecular formula is C10H22N2. The van der Waals surface area contributed by atoms with Gasteiger partial charge < -0.3 is 5.73 Å². The zero-order valence-electron chi connectivity index (χ0n) is 8.64. The minimum atomic E-state index is 0.279. The maximum Gasteiger partial charge on any atom is 0.0326 e. The molecule has 2 nitrogen and oxygen atoms in total. The van der Waals surface area contributed by atoms with Gasteiger partial charge in [0, 0.05) is 18.1 Å². The lowest BCUT2D eigenvalue weighted by Crippen LogP contribution is -2.52. The van der Waals surface area contributed by atoms with E-state index in [9.17, 15) is 0 Å². The van der Waals surface area contributed by atoms with Crippen LogP contribution < -0.4 is 5.73 Å². The van der Waals surface area contributed by atoms with Crippen LogP contribution in [0.25, 0.3) is 0 Å². The van der Waals surface area contributed by atoms with Gasteiger partial charge in [-0.05, 0) is 32.7 Å². The molecule has 2 N–H and O–H groups in total. The molecule has 1 aliphatic carbocycles. The molecule has 12 heavy (non-hydrogen) atoms. The first kappa shape index (κ1) is 10.0. The molecule has 1 fully saturated rings. The van der Waals surface area contributed by atoms with Crippen molar-refractivity contribution in [3.05, 3.63) is 0 Å². The average molecular weight is 170 g/mol. The molecule has 2 heteroatoms. The van der Waals surface area contributed by atoms with Crippen molar-refractivity contribution in [3.63, 3.8) is 0 Å². The van der Waals surface area contributed by atoms with E-state index in [-0.39, 0.29) is 5.54 Å². The smallest absolute Gasteiger partial charge is 0.0326 e. The number of hydrogen-bond acceptors (Lipinski definition) is 2. The van der Waals surface area contributed by atoms with Crippen molar-refractivity contribution in [1.29, 1.82) is 0 Å². The molecule has 0 bridgehead atoms. The van der Waals surface area contributed by atoms with Crippen LogP contribution >= 0.6 is 0 Å². The molecule has 1 aliphatic rings. The van der Waals surface area contributed by atoms with Crippen molar-refractivity contribution >= 4 is 0 Å². The Morgan fingerprint density at radius 1 is 1.33 bits per heavy atom. The first-order valence-electron chi connectivity index (χ1n) is 5.13. The minimum absolute atomic E-state index is 0.279. The van der Waals surface area contributed by atoms with Crippen LogP contribution in [0, 0.1) is 0 Å². The van der Waals surface area contributed by atoms with Gasteiger partial charge in [-0.3, -0.25) is 4.90 Å². The summed E-state index contributed by atoms with van der Waals surface area (Å²) in [5, 5.41) is 0. The van der Waals surface area contributed by atoms with E-state index in [1.165, 1.54) is 25.7 Å². The standard InChI is InChI=1S/C10H22N2/c1-4-10(5-2,8-11)12(3)9-6-7-9/h9H,4-8,11H2,1-3H3. The highest BCUT2D eigenvalue weighted by atomic mass is 15.2. The number of nitrogens with zero attached hydrogens (tertiary/aromatic N) is 1. The Morgan fingerprint density at radius 3 is 2.08 bits per heavy atom. The van der Waals surface area contributed by atoms with Crippen LogP contribution in [0.5, 0.6) is 0 Å². The number of likely N-dealkylation sites (N-methyl/N-ethyl adjacent to an activating group) is 1. The number of hydrogen-bond donors (Lipinski definition) is 1. The molecule has 1 saturated carbocycles. The number of rotatable bonds is 5. The zero-order valence-corrected chi connectivity index (χ0v) is 8.64. The van der Waals surface area contributed by atoms with Crippen LogP contribution in [0.15, 0.2) is 0 Å². The molecule has 0 aromatic carbocycles. The Hall–Kier alpha value is -0.0800. The van der Waals surface area contributed by atoms with Gasteiger partial charge in [0.25, 0.3) is 0 Å². The molecule has 0 aliphatic heterocycles. The van der Waals surface area contributed by atoms with Crippen LogP contribution in [-0.2, 0) is 0 Å². The molecule has 0 radical (unpaired) electrons. The van der Waals surface area contributed by atoms with E-state index in [1.807, 2.05) is 0 Å². The summed E-state index contributed by atoms with van der Waals surface area (Å²) in [6, 6.07) is 0.827. The highest BCUT2D eigenvalue weighted by Gasteiger charge is 2.38. The lowest BCUT2D eigenvalue weighted by molar-refractivity contribution is 0.107. The molecular weight excluding hydrogens is 148 g/mol. The summed E-state index contributed by atoms with van der Waals surface area (Å²) >= 11 is 0. The molecule has 72 valence electrons. The van der Waals surface area contributed by atoms with Gasteiger partial charge in [-0.2, -0.15) is 0 Å². The van der Waals surface area contributed by atoms with E-state index in [1.54, 1.807) is 0 Å². The summed E-state index contributed by atoms with van der Waals surface area (Å²) in [4.78, 5) is 2.51. The summed E-state index contributed by atoms with van der Waals surface area (Å²) in [7, 11) is 2.23. The Kier molecular flexibility index (Phi) is 3.13. The lowest BCUT2D eigenvalue weighted by Gasteiger charge is -2.40. The topological polar surface area (TPSA) is 29.3 Å². The Balaban J connectivity index is 2.60. The van der Waals surface area contributed by atoms with Crippen LogP contribution in [0.4, 0.5) is 0 Å². The van der Waals surface area contributed by atoms with Crippen molar-refractivity contribution in [2.75, 3.05) is 13.6 Å². The fourth-order valence-corrected chi connectivity index (χ4v) is 2.03. The maximum absolute atomic E-state index is 5.85. The average Bonchev–Trinajstić information content (AvgIpc) is 2.91. The van der Waals surface area contributed by atoms with Gasteiger partial charge in [0.2, 0.25) is 0 Å².